The summed E-state index contributed by atoms with van der Waals surface area (Å²) in [5.74, 6) is 1.88. The molecule has 0 radical (unpaired) electrons. The van der Waals surface area contributed by atoms with Crippen LogP contribution in [0.1, 0.15) is 42.2 Å². The van der Waals surface area contributed by atoms with Crippen LogP contribution in [0.25, 0.3) is 5.57 Å². The van der Waals surface area contributed by atoms with E-state index in [4.69, 9.17) is 15.1 Å². The summed E-state index contributed by atoms with van der Waals surface area (Å²) in [6, 6.07) is 7.43. The van der Waals surface area contributed by atoms with E-state index < -0.39 is 13.0 Å². The summed E-state index contributed by atoms with van der Waals surface area (Å²) < 4.78 is 12.6. The number of hydrogen-bond acceptors (Lipinski definition) is 7. The van der Waals surface area contributed by atoms with Gasteiger partial charge in [0.2, 0.25) is 0 Å². The summed E-state index contributed by atoms with van der Waals surface area (Å²) in [6.45, 7) is 4.96. The smallest absolute Gasteiger partial charge is 0.532 e. The lowest BCUT2D eigenvalue weighted by Gasteiger charge is -2.27. The average Bonchev–Trinajstić information content (AvgIpc) is 3.17. The van der Waals surface area contributed by atoms with Crippen molar-refractivity contribution in [1.29, 1.82) is 5.26 Å². The topological polar surface area (TPSA) is 135 Å². The van der Waals surface area contributed by atoms with Gasteiger partial charge in [0.05, 0.1) is 24.6 Å². The molecule has 31 heavy (non-hydrogen) atoms. The fourth-order valence-corrected chi connectivity index (χ4v) is 3.95. The summed E-state index contributed by atoms with van der Waals surface area (Å²) >= 11 is 0. The highest BCUT2D eigenvalue weighted by Gasteiger charge is 2.30. The Labute approximate surface area is 180 Å². The van der Waals surface area contributed by atoms with Gasteiger partial charge < -0.3 is 25.5 Å². The van der Waals surface area contributed by atoms with Crippen LogP contribution in [0.5, 0.6) is 5.75 Å². The van der Waals surface area contributed by atoms with Crippen LogP contribution < -0.4 is 15.7 Å². The number of primary amides is 1. The number of carbonyl (C=O) groups excluding carboxylic acids is 1. The normalized spacial score (nSPS) is 20.5. The Hall–Kier alpha value is -3.29. The van der Waals surface area contributed by atoms with Crippen molar-refractivity contribution in [2.75, 3.05) is 18.5 Å². The second kappa shape index (κ2) is 8.45. The summed E-state index contributed by atoms with van der Waals surface area (Å²) in [5.41, 5.74) is 8.32. The van der Waals surface area contributed by atoms with Crippen molar-refractivity contribution in [3.05, 3.63) is 41.5 Å². The second-order valence-corrected chi connectivity index (χ2v) is 8.02. The number of carbonyl (C=O) groups is 1. The van der Waals surface area contributed by atoms with Gasteiger partial charge in [-0.15, -0.1) is 0 Å². The summed E-state index contributed by atoms with van der Waals surface area (Å²) in [6.07, 6.45) is 2.17. The van der Waals surface area contributed by atoms with Crippen LogP contribution in [0.15, 0.2) is 30.4 Å². The van der Waals surface area contributed by atoms with Gasteiger partial charge in [-0.25, -0.2) is 0 Å². The number of rotatable bonds is 5. The van der Waals surface area contributed by atoms with Gasteiger partial charge in [0.1, 0.15) is 11.3 Å². The third-order valence-corrected chi connectivity index (χ3v) is 5.57. The number of benzene rings is 1. The molecule has 10 heteroatoms. The first-order valence-corrected chi connectivity index (χ1v) is 10.2. The first-order chi connectivity index (χ1) is 14.9. The molecule has 3 heterocycles. The quantitative estimate of drug-likeness (QED) is 0.631. The largest absolute Gasteiger partial charge is 0.552 e. The summed E-state index contributed by atoms with van der Waals surface area (Å²) in [5, 5.41) is 27.1. The lowest BCUT2D eigenvalue weighted by Crippen LogP contribution is -2.29. The molecule has 4 N–H and O–H groups in total. The maximum atomic E-state index is 12.0. The van der Waals surface area contributed by atoms with E-state index in [-0.39, 0.29) is 23.4 Å². The minimum atomic E-state index is -0.980. The molecule has 0 unspecified atom stereocenters. The van der Waals surface area contributed by atoms with Gasteiger partial charge in [0.25, 0.3) is 5.91 Å². The predicted molar refractivity (Wildman–Crippen MR) is 115 cm³/mol. The molecule has 1 saturated heterocycles. The van der Waals surface area contributed by atoms with E-state index in [1.54, 1.807) is 29.0 Å². The molecule has 2 aliphatic heterocycles. The molecule has 1 amide bonds. The molecule has 160 valence electrons. The molecule has 0 spiro atoms. The third-order valence-electron chi connectivity index (χ3n) is 5.57. The number of amides is 1. The van der Waals surface area contributed by atoms with Gasteiger partial charge >= 0.3 is 7.12 Å². The minimum Gasteiger partial charge on any atom is -0.532 e. The molecule has 1 fully saturated rings. The van der Waals surface area contributed by atoms with E-state index in [1.807, 2.05) is 19.9 Å². The molecule has 2 atom stereocenters. The van der Waals surface area contributed by atoms with Crippen LogP contribution in [0.3, 0.4) is 0 Å². The number of allylic oxidation sites excluding steroid dienone is 1. The van der Waals surface area contributed by atoms with E-state index >= 15 is 0 Å². The van der Waals surface area contributed by atoms with Crippen LogP contribution >= 0.6 is 0 Å². The molecule has 0 saturated carbocycles. The molecule has 9 nitrogen and oxygen atoms in total. The number of nitrogens with two attached hydrogens (primary N) is 1. The lowest BCUT2D eigenvalue weighted by atomic mass is 9.78. The third kappa shape index (κ3) is 4.15. The predicted octanol–water partition coefficient (Wildman–Crippen LogP) is 2.28. The van der Waals surface area contributed by atoms with Gasteiger partial charge in [-0.1, -0.05) is 13.8 Å². The molecular formula is C21H24BN5O4. The second-order valence-electron chi connectivity index (χ2n) is 8.02. The van der Waals surface area contributed by atoms with Crippen molar-refractivity contribution in [2.24, 2.45) is 17.6 Å². The average molecular weight is 421 g/mol. The number of fused-ring (bicyclic) bond motifs is 1. The van der Waals surface area contributed by atoms with Gasteiger partial charge in [0.15, 0.2) is 5.82 Å². The van der Waals surface area contributed by atoms with Crippen molar-refractivity contribution in [3.63, 3.8) is 0 Å². The zero-order valence-corrected chi connectivity index (χ0v) is 17.4. The van der Waals surface area contributed by atoms with Crippen LogP contribution in [-0.2, 0) is 4.74 Å². The zero-order valence-electron chi connectivity index (χ0n) is 17.4. The highest BCUT2D eigenvalue weighted by Crippen LogP contribution is 2.37. The minimum absolute atomic E-state index is 0.183. The number of nitriles is 1. The Balaban J connectivity index is 1.67. The SMILES string of the molecule is CC(C)C1=CB(O)Oc2ccc(Nc3nn([C@@H]4COCC[C@H]4C#N)cc3C(N)=O)cc21. The van der Waals surface area contributed by atoms with E-state index in [2.05, 4.69) is 16.5 Å². The van der Waals surface area contributed by atoms with E-state index in [0.29, 0.717) is 36.9 Å². The van der Waals surface area contributed by atoms with Crippen LogP contribution in [0.4, 0.5) is 11.5 Å². The Morgan fingerprint density at radius 1 is 1.48 bits per heavy atom. The molecule has 2 aliphatic rings. The molecule has 0 aliphatic carbocycles. The van der Waals surface area contributed by atoms with Crippen LogP contribution in [0.2, 0.25) is 0 Å². The van der Waals surface area contributed by atoms with Gasteiger partial charge in [-0.3, -0.25) is 9.48 Å². The van der Waals surface area contributed by atoms with Crippen molar-refractivity contribution in [1.82, 2.24) is 9.78 Å². The Kier molecular flexibility index (Phi) is 5.72. The molecular weight excluding hydrogens is 397 g/mol. The van der Waals surface area contributed by atoms with Gasteiger partial charge in [0, 0.05) is 24.1 Å². The lowest BCUT2D eigenvalue weighted by molar-refractivity contribution is 0.0342. The number of ether oxygens (including phenoxy) is 1. The summed E-state index contributed by atoms with van der Waals surface area (Å²) in [7, 11) is -0.980. The van der Waals surface area contributed by atoms with Crippen molar-refractivity contribution < 1.29 is 19.2 Å². The fourth-order valence-electron chi connectivity index (χ4n) is 3.95. The molecule has 0 bridgehead atoms. The van der Waals surface area contributed by atoms with Gasteiger partial charge in [-0.2, -0.15) is 10.4 Å². The fraction of sp³-hybridized carbons (Fsp3) is 0.381. The standard InChI is InChI=1S/C21H24BN5O4/c1-12(2)16-8-22(29)31-19-4-3-14(7-15(16)19)25-21-17(20(24)28)10-27(26-21)18-11-30-6-5-13(18)9-23/h3-4,7-8,10,12-13,18,29H,5-6,11H2,1-2H3,(H2,24,28)(H,25,26)/t13-,18+/m0/s1. The first-order valence-electron chi connectivity index (χ1n) is 10.2. The van der Waals surface area contributed by atoms with E-state index in [0.717, 1.165) is 11.1 Å². The highest BCUT2D eigenvalue weighted by molar-refractivity contribution is 6.52. The molecule has 4 rings (SSSR count). The Morgan fingerprint density at radius 3 is 3.00 bits per heavy atom. The van der Waals surface area contributed by atoms with E-state index in [1.165, 1.54) is 0 Å². The molecule has 2 aromatic rings. The number of anilines is 2. The van der Waals surface area contributed by atoms with Crippen molar-refractivity contribution in [2.45, 2.75) is 26.3 Å². The maximum absolute atomic E-state index is 12.0. The monoisotopic (exact) mass is 421 g/mol. The first kappa shape index (κ1) is 21.0. The Morgan fingerprint density at radius 2 is 2.29 bits per heavy atom. The number of hydrogen-bond donors (Lipinski definition) is 3. The van der Waals surface area contributed by atoms with Crippen molar-refractivity contribution in [3.8, 4) is 11.8 Å². The highest BCUT2D eigenvalue weighted by atomic mass is 16.5. The Bertz CT molecular complexity index is 1070. The molecule has 1 aromatic carbocycles. The number of nitrogens with one attached hydrogen (secondary N) is 1. The molecule has 1 aromatic heterocycles. The number of nitrogens with zero attached hydrogens (tertiary/aromatic N) is 3. The maximum Gasteiger partial charge on any atom is 0.552 e. The van der Waals surface area contributed by atoms with E-state index in [9.17, 15) is 15.1 Å². The van der Waals surface area contributed by atoms with Gasteiger partial charge in [-0.05, 0) is 42.1 Å². The zero-order chi connectivity index (χ0) is 22.1. The number of aromatic nitrogens is 2. The van der Waals surface area contributed by atoms with Crippen molar-refractivity contribution >= 4 is 30.1 Å². The summed E-state index contributed by atoms with van der Waals surface area (Å²) in [4.78, 5) is 12.0. The van der Waals surface area contributed by atoms with Crippen LogP contribution in [0, 0.1) is 23.2 Å². The van der Waals surface area contributed by atoms with Crippen LogP contribution in [-0.4, -0.2) is 41.0 Å².